The third-order valence-corrected chi connectivity index (χ3v) is 2.55. The smallest absolute Gasteiger partial charge is 0.237 e. The van der Waals surface area contributed by atoms with Crippen molar-refractivity contribution in [3.8, 4) is 0 Å². The van der Waals surface area contributed by atoms with Gasteiger partial charge in [-0.15, -0.1) is 11.6 Å². The lowest BCUT2D eigenvalue weighted by Crippen LogP contribution is -2.20. The van der Waals surface area contributed by atoms with Crippen molar-refractivity contribution >= 4 is 28.5 Å². The number of hydrogen-bond donors (Lipinski definition) is 1. The minimum Gasteiger partial charge on any atom is -0.368 e. The molecule has 1 amide bonds. The average Bonchev–Trinajstić information content (AvgIpc) is 2.57. The van der Waals surface area contributed by atoms with Gasteiger partial charge < -0.3 is 10.3 Å². The molecule has 1 aromatic carbocycles. The molecule has 5 heteroatoms. The molecule has 1 heterocycles. The highest BCUT2D eigenvalue weighted by Crippen LogP contribution is 2.24. The van der Waals surface area contributed by atoms with E-state index in [2.05, 4.69) is 4.98 Å². The summed E-state index contributed by atoms with van der Waals surface area (Å²) in [6.45, 7) is 1.92. The summed E-state index contributed by atoms with van der Waals surface area (Å²) in [6.07, 6.45) is 0. The van der Waals surface area contributed by atoms with E-state index in [0.717, 1.165) is 11.0 Å². The summed E-state index contributed by atoms with van der Waals surface area (Å²) >= 11 is 6.03. The first-order valence-electron chi connectivity index (χ1n) is 4.97. The number of aromatic nitrogens is 2. The van der Waals surface area contributed by atoms with Gasteiger partial charge in [0.15, 0.2) is 0 Å². The monoisotopic (exact) mass is 237 g/mol. The third-order valence-electron chi connectivity index (χ3n) is 2.35. The van der Waals surface area contributed by atoms with Crippen LogP contribution in [0.2, 0.25) is 0 Å². The number of para-hydroxylation sites is 2. The van der Waals surface area contributed by atoms with Crippen molar-refractivity contribution in [2.24, 2.45) is 5.73 Å². The number of nitrogens with zero attached hydrogens (tertiary/aromatic N) is 2. The summed E-state index contributed by atoms with van der Waals surface area (Å²) in [6, 6.07) is 7.57. The van der Waals surface area contributed by atoms with Gasteiger partial charge in [-0.25, -0.2) is 4.98 Å². The van der Waals surface area contributed by atoms with E-state index in [1.807, 2.05) is 31.2 Å². The fourth-order valence-corrected chi connectivity index (χ4v) is 1.89. The van der Waals surface area contributed by atoms with Gasteiger partial charge in [0.25, 0.3) is 0 Å². The molecule has 0 saturated heterocycles. The van der Waals surface area contributed by atoms with Crippen LogP contribution in [0.25, 0.3) is 11.0 Å². The second-order valence-electron chi connectivity index (χ2n) is 3.63. The molecule has 4 nitrogen and oxygen atoms in total. The van der Waals surface area contributed by atoms with Gasteiger partial charge in [-0.05, 0) is 19.1 Å². The molecule has 0 aliphatic rings. The minimum atomic E-state index is -0.401. The molecule has 0 aliphatic heterocycles. The van der Waals surface area contributed by atoms with E-state index in [-0.39, 0.29) is 11.9 Å². The zero-order chi connectivity index (χ0) is 11.7. The Morgan fingerprint density at radius 2 is 2.25 bits per heavy atom. The van der Waals surface area contributed by atoms with Crippen LogP contribution in [0.1, 0.15) is 18.1 Å². The van der Waals surface area contributed by atoms with Crippen molar-refractivity contribution in [1.82, 2.24) is 9.55 Å². The Morgan fingerprint density at radius 3 is 2.88 bits per heavy atom. The second kappa shape index (κ2) is 4.14. The van der Waals surface area contributed by atoms with E-state index in [1.54, 1.807) is 4.57 Å². The summed E-state index contributed by atoms with van der Waals surface area (Å²) in [5.41, 5.74) is 6.92. The number of carbonyl (C=O) groups excluding carboxylic acids is 1. The number of alkyl halides is 1. The molecule has 1 unspecified atom stereocenters. The number of imidazole rings is 1. The van der Waals surface area contributed by atoms with Crippen LogP contribution in [0.15, 0.2) is 24.3 Å². The zero-order valence-corrected chi connectivity index (χ0v) is 9.61. The molecule has 0 saturated carbocycles. The lowest BCUT2D eigenvalue weighted by Gasteiger charge is -2.07. The molecule has 0 radical (unpaired) electrons. The second-order valence-corrected chi connectivity index (χ2v) is 4.28. The van der Waals surface area contributed by atoms with Gasteiger partial charge in [-0.3, -0.25) is 4.79 Å². The maximum Gasteiger partial charge on any atom is 0.237 e. The Balaban J connectivity index is 2.64. The first-order chi connectivity index (χ1) is 7.59. The number of nitrogens with two attached hydrogens (primary N) is 1. The molecule has 16 heavy (non-hydrogen) atoms. The van der Waals surface area contributed by atoms with Crippen molar-refractivity contribution in [3.05, 3.63) is 30.1 Å². The standard InChI is InChI=1S/C11H12ClN3O/c1-7(12)11-14-8-4-2-3-5-9(8)15(11)6-10(13)16/h2-5,7H,6H2,1H3,(H2,13,16). The molecule has 1 atom stereocenters. The Hall–Kier alpha value is -1.55. The summed E-state index contributed by atoms with van der Waals surface area (Å²) in [5, 5.41) is -0.258. The van der Waals surface area contributed by atoms with Crippen molar-refractivity contribution in [2.45, 2.75) is 18.8 Å². The van der Waals surface area contributed by atoms with Crippen LogP contribution in [-0.4, -0.2) is 15.5 Å². The van der Waals surface area contributed by atoms with Crippen LogP contribution in [0.5, 0.6) is 0 Å². The highest BCUT2D eigenvalue weighted by molar-refractivity contribution is 6.20. The molecule has 2 rings (SSSR count). The first-order valence-corrected chi connectivity index (χ1v) is 5.41. The quantitative estimate of drug-likeness (QED) is 0.828. The minimum absolute atomic E-state index is 0.104. The van der Waals surface area contributed by atoms with Gasteiger partial charge >= 0.3 is 0 Å². The molecule has 2 N–H and O–H groups in total. The maximum absolute atomic E-state index is 11.0. The van der Waals surface area contributed by atoms with E-state index in [1.165, 1.54) is 0 Å². The Kier molecular flexibility index (Phi) is 2.83. The van der Waals surface area contributed by atoms with Gasteiger partial charge in [0, 0.05) is 0 Å². The van der Waals surface area contributed by atoms with Crippen molar-refractivity contribution in [3.63, 3.8) is 0 Å². The third kappa shape index (κ3) is 1.88. The molecular formula is C11H12ClN3O. The normalized spacial score (nSPS) is 12.9. The highest BCUT2D eigenvalue weighted by atomic mass is 35.5. The van der Waals surface area contributed by atoms with Crippen molar-refractivity contribution in [2.75, 3.05) is 0 Å². The van der Waals surface area contributed by atoms with Crippen LogP contribution < -0.4 is 5.73 Å². The van der Waals surface area contributed by atoms with Crippen LogP contribution in [0, 0.1) is 0 Å². The van der Waals surface area contributed by atoms with Crippen molar-refractivity contribution in [1.29, 1.82) is 0 Å². The number of hydrogen-bond acceptors (Lipinski definition) is 2. The van der Waals surface area contributed by atoms with E-state index >= 15 is 0 Å². The number of halogens is 1. The number of carbonyl (C=O) groups is 1. The van der Waals surface area contributed by atoms with Crippen LogP contribution in [0.3, 0.4) is 0 Å². The van der Waals surface area contributed by atoms with Crippen LogP contribution in [-0.2, 0) is 11.3 Å². The molecule has 0 aliphatic carbocycles. The number of benzene rings is 1. The molecule has 0 spiro atoms. The highest BCUT2D eigenvalue weighted by Gasteiger charge is 2.15. The number of amides is 1. The lowest BCUT2D eigenvalue weighted by atomic mass is 10.3. The molecule has 84 valence electrons. The summed E-state index contributed by atoms with van der Waals surface area (Å²) in [4.78, 5) is 15.4. The largest absolute Gasteiger partial charge is 0.368 e. The van der Waals surface area contributed by atoms with Gasteiger partial charge in [0.2, 0.25) is 5.91 Å². The lowest BCUT2D eigenvalue weighted by molar-refractivity contribution is -0.118. The van der Waals surface area contributed by atoms with Gasteiger partial charge in [-0.1, -0.05) is 12.1 Å². The Labute approximate surface area is 98.0 Å². The summed E-state index contributed by atoms with van der Waals surface area (Å²) < 4.78 is 1.76. The van der Waals surface area contributed by atoms with Crippen LogP contribution >= 0.6 is 11.6 Å². The number of primary amides is 1. The van der Waals surface area contributed by atoms with Gasteiger partial charge in [-0.2, -0.15) is 0 Å². The molecule has 1 aromatic heterocycles. The first kappa shape index (κ1) is 11.0. The van der Waals surface area contributed by atoms with E-state index in [0.29, 0.717) is 5.82 Å². The maximum atomic E-state index is 11.0. The topological polar surface area (TPSA) is 60.9 Å². The van der Waals surface area contributed by atoms with E-state index in [4.69, 9.17) is 17.3 Å². The van der Waals surface area contributed by atoms with Crippen LogP contribution in [0.4, 0.5) is 0 Å². The fourth-order valence-electron chi connectivity index (χ4n) is 1.72. The molecule has 0 bridgehead atoms. The predicted octanol–water partition coefficient (Wildman–Crippen LogP) is 1.82. The van der Waals surface area contributed by atoms with Gasteiger partial charge in [0.05, 0.1) is 16.4 Å². The van der Waals surface area contributed by atoms with E-state index in [9.17, 15) is 4.79 Å². The Bertz CT molecular complexity index is 533. The molecule has 2 aromatic rings. The van der Waals surface area contributed by atoms with Crippen molar-refractivity contribution < 1.29 is 4.79 Å². The SMILES string of the molecule is CC(Cl)c1nc2ccccc2n1CC(N)=O. The Morgan fingerprint density at radius 1 is 1.56 bits per heavy atom. The zero-order valence-electron chi connectivity index (χ0n) is 8.85. The average molecular weight is 238 g/mol. The number of fused-ring (bicyclic) bond motifs is 1. The van der Waals surface area contributed by atoms with Gasteiger partial charge in [0.1, 0.15) is 12.4 Å². The summed E-state index contributed by atoms with van der Waals surface area (Å²) in [7, 11) is 0. The molecular weight excluding hydrogens is 226 g/mol. The van der Waals surface area contributed by atoms with E-state index < -0.39 is 5.91 Å². The fraction of sp³-hybridized carbons (Fsp3) is 0.273. The summed E-state index contributed by atoms with van der Waals surface area (Å²) in [5.74, 6) is 0.267. The molecule has 0 fully saturated rings. The number of rotatable bonds is 3. The predicted molar refractivity (Wildman–Crippen MR) is 63.2 cm³/mol.